The number of nitrogens with zero attached hydrogens (tertiary/aromatic N) is 3. The molecule has 2 aromatic carbocycles. The van der Waals surface area contributed by atoms with Crippen molar-refractivity contribution in [3.63, 3.8) is 0 Å². The van der Waals surface area contributed by atoms with Crippen molar-refractivity contribution in [3.8, 4) is 0 Å². The second-order valence-electron chi connectivity index (χ2n) is 6.65. The van der Waals surface area contributed by atoms with Crippen molar-refractivity contribution in [2.75, 3.05) is 24.0 Å². The lowest BCUT2D eigenvalue weighted by Gasteiger charge is -2.12. The van der Waals surface area contributed by atoms with Crippen molar-refractivity contribution in [2.45, 2.75) is 11.1 Å². The third-order valence-corrected chi connectivity index (χ3v) is 5.21. The predicted molar refractivity (Wildman–Crippen MR) is 108 cm³/mol. The van der Waals surface area contributed by atoms with E-state index in [2.05, 4.69) is 5.10 Å². The molecule has 11 heteroatoms. The maximum atomic E-state index is 13.5. The molecule has 0 spiro atoms. The zero-order valence-corrected chi connectivity index (χ0v) is 16.7. The Hall–Kier alpha value is -3.18. The van der Waals surface area contributed by atoms with Gasteiger partial charge in [-0.2, -0.15) is 23.3 Å². The minimum Gasteiger partial charge on any atom is -0.378 e. The van der Waals surface area contributed by atoms with Crippen LogP contribution in [-0.2, 0) is 14.8 Å². The van der Waals surface area contributed by atoms with Gasteiger partial charge in [-0.15, -0.1) is 0 Å². The monoisotopic (exact) mass is 438 g/mol. The molecule has 1 amide bonds. The lowest BCUT2D eigenvalue weighted by atomic mass is 10.1. The summed E-state index contributed by atoms with van der Waals surface area (Å²) in [6.07, 6.45) is -3.74. The zero-order valence-electron chi connectivity index (χ0n) is 15.9. The van der Waals surface area contributed by atoms with Crippen molar-refractivity contribution in [2.24, 2.45) is 10.2 Å². The molecule has 0 saturated heterocycles. The normalized spacial score (nSPS) is 16.2. The van der Waals surface area contributed by atoms with Crippen molar-refractivity contribution in [3.05, 3.63) is 59.7 Å². The lowest BCUT2D eigenvalue weighted by molar-refractivity contribution is -0.114. The van der Waals surface area contributed by atoms with E-state index in [4.69, 9.17) is 5.14 Å². The first kappa shape index (κ1) is 21.5. The van der Waals surface area contributed by atoms with Crippen LogP contribution in [0.1, 0.15) is 5.56 Å². The van der Waals surface area contributed by atoms with Crippen LogP contribution in [0.2, 0.25) is 0 Å². The summed E-state index contributed by atoms with van der Waals surface area (Å²) >= 11 is 0. The number of primary sulfonamides is 1. The van der Waals surface area contributed by atoms with E-state index in [-0.39, 0.29) is 10.6 Å². The Morgan fingerprint density at radius 3 is 2.07 bits per heavy atom. The third kappa shape index (κ3) is 4.36. The van der Waals surface area contributed by atoms with Crippen LogP contribution < -0.4 is 15.0 Å². The molecule has 0 aliphatic carbocycles. The highest BCUT2D eigenvalue weighted by Gasteiger charge is 2.46. The first-order valence-electron chi connectivity index (χ1n) is 8.50. The maximum absolute atomic E-state index is 13.5. The van der Waals surface area contributed by atoms with Gasteiger partial charge in [0, 0.05) is 19.8 Å². The highest BCUT2D eigenvalue weighted by atomic mass is 32.2. The van der Waals surface area contributed by atoms with Crippen molar-refractivity contribution in [1.29, 1.82) is 0 Å². The Labute approximate surface area is 170 Å². The molecule has 0 fully saturated rings. The van der Waals surface area contributed by atoms with Gasteiger partial charge in [-0.1, -0.05) is 12.1 Å². The van der Waals surface area contributed by atoms with E-state index in [0.29, 0.717) is 10.6 Å². The molecular weight excluding hydrogens is 421 g/mol. The van der Waals surface area contributed by atoms with Crippen LogP contribution in [0.3, 0.4) is 0 Å². The number of amides is 1. The molecule has 30 heavy (non-hydrogen) atoms. The predicted octanol–water partition coefficient (Wildman–Crippen LogP) is 2.75. The third-order valence-electron chi connectivity index (χ3n) is 4.28. The molecule has 0 radical (unpaired) electrons. The molecule has 1 aliphatic rings. The average Bonchev–Trinajstić information content (AvgIpc) is 2.98. The Balaban J connectivity index is 2.01. The Bertz CT molecular complexity index is 1140. The number of carbonyl (C=O) groups is 1. The van der Waals surface area contributed by atoms with E-state index in [9.17, 15) is 26.4 Å². The largest absolute Gasteiger partial charge is 0.435 e. The molecule has 0 aromatic heterocycles. The topological polar surface area (TPSA) is 96.1 Å². The molecule has 158 valence electrons. The van der Waals surface area contributed by atoms with E-state index in [1.165, 1.54) is 0 Å². The summed E-state index contributed by atoms with van der Waals surface area (Å²) in [7, 11) is -0.344. The number of hydrazone groups is 1. The number of sulfonamides is 1. The molecule has 2 aromatic rings. The molecule has 1 heterocycles. The fraction of sp³-hybridized carbons (Fsp3) is 0.158. The second kappa shape index (κ2) is 7.58. The number of halogens is 3. The maximum Gasteiger partial charge on any atom is 0.435 e. The summed E-state index contributed by atoms with van der Waals surface area (Å²) < 4.78 is 63.2. The first-order chi connectivity index (χ1) is 13.9. The van der Waals surface area contributed by atoms with Gasteiger partial charge in [-0.05, 0) is 48.0 Å². The van der Waals surface area contributed by atoms with Crippen LogP contribution in [0.5, 0.6) is 0 Å². The van der Waals surface area contributed by atoms with E-state index in [0.717, 1.165) is 36.0 Å². The second-order valence-corrected chi connectivity index (χ2v) is 8.21. The van der Waals surface area contributed by atoms with Crippen LogP contribution >= 0.6 is 0 Å². The number of nitrogens with two attached hydrogens (primary N) is 1. The summed E-state index contributed by atoms with van der Waals surface area (Å²) in [6, 6.07) is 11.1. The number of carbonyl (C=O) groups excluding carboxylic acids is 1. The fourth-order valence-electron chi connectivity index (χ4n) is 2.74. The summed E-state index contributed by atoms with van der Waals surface area (Å²) in [5.41, 5.74) is -0.737. The molecule has 0 atom stereocenters. The Morgan fingerprint density at radius 2 is 1.60 bits per heavy atom. The highest BCUT2D eigenvalue weighted by Crippen LogP contribution is 2.33. The number of anilines is 2. The minimum atomic E-state index is -4.86. The van der Waals surface area contributed by atoms with Crippen LogP contribution in [0, 0.1) is 0 Å². The van der Waals surface area contributed by atoms with Crippen LogP contribution in [-0.4, -0.2) is 40.3 Å². The van der Waals surface area contributed by atoms with Crippen LogP contribution in [0.25, 0.3) is 6.08 Å². The van der Waals surface area contributed by atoms with Gasteiger partial charge in [0.2, 0.25) is 10.0 Å². The molecule has 0 bridgehead atoms. The molecular formula is C19H17F3N4O3S. The van der Waals surface area contributed by atoms with E-state index in [1.54, 1.807) is 24.3 Å². The molecule has 0 unspecified atom stereocenters. The van der Waals surface area contributed by atoms with Gasteiger partial charge in [0.1, 0.15) is 0 Å². The summed E-state index contributed by atoms with van der Waals surface area (Å²) in [4.78, 5) is 14.3. The fourth-order valence-corrected chi connectivity index (χ4v) is 3.26. The molecule has 7 nitrogen and oxygen atoms in total. The van der Waals surface area contributed by atoms with Crippen molar-refractivity contribution >= 4 is 39.1 Å². The standard InChI is InChI=1S/C19H17F3N4O3S/c1-25(2)13-5-3-12(4-6-13)11-16-17(19(20,21)22)24-26(18(16)27)14-7-9-15(10-8-14)30(23,28)29/h3-11H,1-2H3,(H2,23,28,29). The highest BCUT2D eigenvalue weighted by molar-refractivity contribution is 7.89. The number of hydrogen-bond donors (Lipinski definition) is 1. The van der Waals surface area contributed by atoms with Gasteiger partial charge in [0.05, 0.1) is 16.2 Å². The van der Waals surface area contributed by atoms with Crippen LogP contribution in [0.15, 0.2) is 64.1 Å². The van der Waals surface area contributed by atoms with Gasteiger partial charge >= 0.3 is 6.18 Å². The van der Waals surface area contributed by atoms with Gasteiger partial charge in [0.15, 0.2) is 5.71 Å². The summed E-state index contributed by atoms with van der Waals surface area (Å²) in [6.45, 7) is 0. The van der Waals surface area contributed by atoms with E-state index < -0.39 is 33.4 Å². The summed E-state index contributed by atoms with van der Waals surface area (Å²) in [5.74, 6) is -0.984. The average molecular weight is 438 g/mol. The smallest absolute Gasteiger partial charge is 0.378 e. The molecule has 0 saturated carbocycles. The first-order valence-corrected chi connectivity index (χ1v) is 10.0. The molecule has 3 rings (SSSR count). The Morgan fingerprint density at radius 1 is 1.03 bits per heavy atom. The van der Waals surface area contributed by atoms with Gasteiger partial charge < -0.3 is 4.90 Å². The van der Waals surface area contributed by atoms with Gasteiger partial charge in [0.25, 0.3) is 5.91 Å². The number of benzene rings is 2. The Kier molecular flexibility index (Phi) is 5.44. The molecule has 1 aliphatic heterocycles. The minimum absolute atomic E-state index is 0.0273. The molecule has 2 N–H and O–H groups in total. The number of alkyl halides is 3. The van der Waals surface area contributed by atoms with Crippen molar-refractivity contribution < 1.29 is 26.4 Å². The van der Waals surface area contributed by atoms with Crippen molar-refractivity contribution in [1.82, 2.24) is 0 Å². The SMILES string of the molecule is CN(C)c1ccc(C=C2C(=O)N(c3ccc(S(N)(=O)=O)cc3)N=C2C(F)(F)F)cc1. The van der Waals surface area contributed by atoms with Gasteiger partial charge in [-0.3, -0.25) is 4.79 Å². The quantitative estimate of drug-likeness (QED) is 0.743. The van der Waals surface area contributed by atoms with E-state index >= 15 is 0 Å². The summed E-state index contributed by atoms with van der Waals surface area (Å²) in [5, 5.41) is 9.03. The van der Waals surface area contributed by atoms with Crippen LogP contribution in [0.4, 0.5) is 24.5 Å². The number of hydrogen-bond acceptors (Lipinski definition) is 5. The van der Waals surface area contributed by atoms with E-state index in [1.807, 2.05) is 19.0 Å². The van der Waals surface area contributed by atoms with Gasteiger partial charge in [-0.25, -0.2) is 13.6 Å². The zero-order chi connectivity index (χ0) is 22.3. The lowest BCUT2D eigenvalue weighted by Crippen LogP contribution is -2.25. The number of rotatable bonds is 4.